The summed E-state index contributed by atoms with van der Waals surface area (Å²) in [5, 5.41) is 5.82. The van der Waals surface area contributed by atoms with Gasteiger partial charge in [-0.3, -0.25) is 4.79 Å². The molecule has 1 aromatic carbocycles. The second-order valence-electron chi connectivity index (χ2n) is 4.50. The normalized spacial score (nSPS) is 10.2. The fourth-order valence-electron chi connectivity index (χ4n) is 1.37. The van der Waals surface area contributed by atoms with Crippen LogP contribution in [0.5, 0.6) is 5.75 Å². The van der Waals surface area contributed by atoms with Crippen molar-refractivity contribution in [2.24, 2.45) is 5.92 Å². The number of anilines is 2. The van der Waals surface area contributed by atoms with Gasteiger partial charge in [0.2, 0.25) is 5.91 Å². The van der Waals surface area contributed by atoms with Gasteiger partial charge in [-0.05, 0) is 18.1 Å². The van der Waals surface area contributed by atoms with Crippen LogP contribution in [0.4, 0.5) is 11.4 Å². The van der Waals surface area contributed by atoms with Crippen molar-refractivity contribution in [3.63, 3.8) is 0 Å². The lowest BCUT2D eigenvalue weighted by atomic mass is 10.2. The molecular weight excluding hydrogens is 230 g/mol. The molecule has 0 saturated heterocycles. The number of carbonyl (C=O) groups excluding carboxylic acids is 1. The SMILES string of the molecule is COc1ccc(N)c(NCC(=O)NCC(C)C)c1. The Morgan fingerprint density at radius 1 is 1.44 bits per heavy atom. The predicted molar refractivity (Wildman–Crippen MR) is 73.7 cm³/mol. The first kappa shape index (κ1) is 14.2. The average molecular weight is 251 g/mol. The Labute approximate surface area is 108 Å². The number of methoxy groups -OCH3 is 1. The molecule has 4 N–H and O–H groups in total. The van der Waals surface area contributed by atoms with Gasteiger partial charge in [-0.2, -0.15) is 0 Å². The van der Waals surface area contributed by atoms with Gasteiger partial charge in [-0.25, -0.2) is 0 Å². The van der Waals surface area contributed by atoms with Crippen LogP contribution < -0.4 is 21.1 Å². The molecule has 5 heteroatoms. The zero-order valence-electron chi connectivity index (χ0n) is 11.1. The van der Waals surface area contributed by atoms with E-state index >= 15 is 0 Å². The van der Waals surface area contributed by atoms with E-state index in [0.717, 1.165) is 0 Å². The standard InChI is InChI=1S/C13H21N3O2/c1-9(2)7-16-13(17)8-15-12-6-10(18-3)4-5-11(12)14/h4-6,9,15H,7-8,14H2,1-3H3,(H,16,17). The molecule has 0 aliphatic carbocycles. The summed E-state index contributed by atoms with van der Waals surface area (Å²) in [4.78, 5) is 11.5. The molecule has 0 aliphatic heterocycles. The van der Waals surface area contributed by atoms with Gasteiger partial charge in [0.25, 0.3) is 0 Å². The summed E-state index contributed by atoms with van der Waals surface area (Å²) in [7, 11) is 1.59. The van der Waals surface area contributed by atoms with Crippen LogP contribution in [0.2, 0.25) is 0 Å². The van der Waals surface area contributed by atoms with E-state index in [1.165, 1.54) is 0 Å². The number of nitrogens with one attached hydrogen (secondary N) is 2. The van der Waals surface area contributed by atoms with Gasteiger partial charge in [-0.1, -0.05) is 13.8 Å². The van der Waals surface area contributed by atoms with Crippen LogP contribution in [0.15, 0.2) is 18.2 Å². The highest BCUT2D eigenvalue weighted by Crippen LogP contribution is 2.23. The third kappa shape index (κ3) is 4.53. The first-order valence-corrected chi connectivity index (χ1v) is 5.97. The summed E-state index contributed by atoms with van der Waals surface area (Å²) in [5.74, 6) is 1.09. The van der Waals surface area contributed by atoms with E-state index in [1.54, 1.807) is 25.3 Å². The molecule has 100 valence electrons. The van der Waals surface area contributed by atoms with Gasteiger partial charge in [0.05, 0.1) is 25.0 Å². The maximum Gasteiger partial charge on any atom is 0.239 e. The Bertz CT molecular complexity index is 405. The van der Waals surface area contributed by atoms with E-state index in [2.05, 4.69) is 10.6 Å². The predicted octanol–water partition coefficient (Wildman–Crippen LogP) is 1.46. The van der Waals surface area contributed by atoms with Gasteiger partial charge in [0.15, 0.2) is 0 Å². The van der Waals surface area contributed by atoms with Crippen LogP contribution >= 0.6 is 0 Å². The van der Waals surface area contributed by atoms with Crippen molar-refractivity contribution in [1.82, 2.24) is 5.32 Å². The number of nitrogens with two attached hydrogens (primary N) is 1. The highest BCUT2D eigenvalue weighted by Gasteiger charge is 2.05. The van der Waals surface area contributed by atoms with Gasteiger partial charge in [-0.15, -0.1) is 0 Å². The van der Waals surface area contributed by atoms with Gasteiger partial charge in [0.1, 0.15) is 5.75 Å². The van der Waals surface area contributed by atoms with Crippen LogP contribution in [0.3, 0.4) is 0 Å². The molecule has 0 spiro atoms. The largest absolute Gasteiger partial charge is 0.497 e. The van der Waals surface area contributed by atoms with Crippen molar-refractivity contribution in [2.75, 3.05) is 31.2 Å². The lowest BCUT2D eigenvalue weighted by Crippen LogP contribution is -2.32. The van der Waals surface area contributed by atoms with E-state index < -0.39 is 0 Å². The van der Waals surface area contributed by atoms with Crippen molar-refractivity contribution >= 4 is 17.3 Å². The summed E-state index contributed by atoms with van der Waals surface area (Å²) < 4.78 is 5.10. The monoisotopic (exact) mass is 251 g/mol. The van der Waals surface area contributed by atoms with Crippen molar-refractivity contribution in [3.05, 3.63) is 18.2 Å². The molecule has 0 radical (unpaired) electrons. The fraction of sp³-hybridized carbons (Fsp3) is 0.462. The number of benzene rings is 1. The van der Waals surface area contributed by atoms with Gasteiger partial charge >= 0.3 is 0 Å². The number of nitrogen functional groups attached to an aromatic ring is 1. The third-order valence-corrected chi connectivity index (χ3v) is 2.41. The Morgan fingerprint density at radius 3 is 2.78 bits per heavy atom. The van der Waals surface area contributed by atoms with Crippen LogP contribution in [-0.4, -0.2) is 26.1 Å². The second-order valence-corrected chi connectivity index (χ2v) is 4.50. The lowest BCUT2D eigenvalue weighted by Gasteiger charge is -2.12. The minimum absolute atomic E-state index is 0.0501. The molecule has 0 fully saturated rings. The quantitative estimate of drug-likeness (QED) is 0.669. The Morgan fingerprint density at radius 2 is 2.17 bits per heavy atom. The molecule has 1 rings (SSSR count). The number of rotatable bonds is 6. The zero-order chi connectivity index (χ0) is 13.5. The number of amides is 1. The first-order chi connectivity index (χ1) is 8.52. The molecule has 1 aromatic rings. The molecule has 0 heterocycles. The highest BCUT2D eigenvalue weighted by molar-refractivity contribution is 5.82. The summed E-state index contributed by atoms with van der Waals surface area (Å²) in [5.41, 5.74) is 7.10. The van der Waals surface area contributed by atoms with E-state index in [0.29, 0.717) is 29.6 Å². The average Bonchev–Trinajstić information content (AvgIpc) is 2.35. The lowest BCUT2D eigenvalue weighted by molar-refractivity contribution is -0.119. The molecule has 0 aromatic heterocycles. The van der Waals surface area contributed by atoms with Crippen molar-refractivity contribution in [1.29, 1.82) is 0 Å². The third-order valence-electron chi connectivity index (χ3n) is 2.41. The van der Waals surface area contributed by atoms with E-state index in [9.17, 15) is 4.79 Å². The molecule has 0 unspecified atom stereocenters. The maximum atomic E-state index is 11.5. The highest BCUT2D eigenvalue weighted by atomic mass is 16.5. The minimum Gasteiger partial charge on any atom is -0.497 e. The molecule has 0 saturated carbocycles. The summed E-state index contributed by atoms with van der Waals surface area (Å²) >= 11 is 0. The smallest absolute Gasteiger partial charge is 0.239 e. The Hall–Kier alpha value is -1.91. The molecule has 0 bridgehead atoms. The van der Waals surface area contributed by atoms with E-state index in [1.807, 2.05) is 13.8 Å². The van der Waals surface area contributed by atoms with E-state index in [-0.39, 0.29) is 12.5 Å². The fourth-order valence-corrected chi connectivity index (χ4v) is 1.37. The van der Waals surface area contributed by atoms with Gasteiger partial charge in [0, 0.05) is 12.6 Å². The Balaban J connectivity index is 2.50. The molecule has 18 heavy (non-hydrogen) atoms. The number of hydrogen-bond acceptors (Lipinski definition) is 4. The number of carbonyl (C=O) groups is 1. The molecule has 0 atom stereocenters. The van der Waals surface area contributed by atoms with Crippen LogP contribution in [0, 0.1) is 5.92 Å². The van der Waals surface area contributed by atoms with Crippen molar-refractivity contribution in [3.8, 4) is 5.75 Å². The maximum absolute atomic E-state index is 11.5. The molecule has 5 nitrogen and oxygen atoms in total. The molecular formula is C13H21N3O2. The summed E-state index contributed by atoms with van der Waals surface area (Å²) in [6, 6.07) is 5.29. The first-order valence-electron chi connectivity index (χ1n) is 5.97. The van der Waals surface area contributed by atoms with E-state index in [4.69, 9.17) is 10.5 Å². The molecule has 1 amide bonds. The summed E-state index contributed by atoms with van der Waals surface area (Å²) in [6.07, 6.45) is 0. The molecule has 0 aliphatic rings. The second kappa shape index (κ2) is 6.74. The number of ether oxygens (including phenoxy) is 1. The van der Waals surface area contributed by atoms with Crippen molar-refractivity contribution < 1.29 is 9.53 Å². The van der Waals surface area contributed by atoms with Crippen LogP contribution in [-0.2, 0) is 4.79 Å². The van der Waals surface area contributed by atoms with Crippen molar-refractivity contribution in [2.45, 2.75) is 13.8 Å². The zero-order valence-corrected chi connectivity index (χ0v) is 11.1. The topological polar surface area (TPSA) is 76.4 Å². The minimum atomic E-state index is -0.0501. The number of hydrogen-bond donors (Lipinski definition) is 3. The van der Waals surface area contributed by atoms with Gasteiger partial charge < -0.3 is 21.1 Å². The Kier molecular flexibility index (Phi) is 5.30. The van der Waals surface area contributed by atoms with Crippen LogP contribution in [0.25, 0.3) is 0 Å². The summed E-state index contributed by atoms with van der Waals surface area (Å²) in [6.45, 7) is 4.97. The van der Waals surface area contributed by atoms with Crippen LogP contribution in [0.1, 0.15) is 13.8 Å².